The minimum absolute atomic E-state index is 0.0493. The molecule has 0 aliphatic rings. The maximum Gasteiger partial charge on any atom is 0.326 e. The smallest absolute Gasteiger partial charge is 0.326 e. The molecule has 0 heterocycles. The van der Waals surface area contributed by atoms with Crippen molar-refractivity contribution in [3.63, 3.8) is 0 Å². The lowest BCUT2D eigenvalue weighted by molar-refractivity contribution is 0.183. The van der Waals surface area contributed by atoms with Crippen molar-refractivity contribution in [1.29, 1.82) is 5.26 Å². The van der Waals surface area contributed by atoms with E-state index in [1.165, 1.54) is 11.0 Å². The number of hydrogen-bond acceptors (Lipinski definition) is 3. The second kappa shape index (κ2) is 9.96. The zero-order chi connectivity index (χ0) is 21.7. The van der Waals surface area contributed by atoms with Gasteiger partial charge in [0.1, 0.15) is 0 Å². The third-order valence-electron chi connectivity index (χ3n) is 4.27. The minimum Gasteiger partial charge on any atom is -0.387 e. The first kappa shape index (κ1) is 22.1. The normalized spacial score (nSPS) is 11.4. The number of halogens is 3. The second-order valence-corrected chi connectivity index (χ2v) is 8.21. The van der Waals surface area contributed by atoms with Gasteiger partial charge in [-0.2, -0.15) is 5.26 Å². The van der Waals surface area contributed by atoms with Gasteiger partial charge in [0, 0.05) is 25.9 Å². The molecule has 3 rings (SSSR count). The van der Waals surface area contributed by atoms with Crippen LogP contribution < -0.4 is 10.2 Å². The number of aliphatic hydroxyl groups excluding tert-OH is 1. The fourth-order valence-corrected chi connectivity index (χ4v) is 3.43. The van der Waals surface area contributed by atoms with Crippen LogP contribution in [0.1, 0.15) is 17.2 Å². The summed E-state index contributed by atoms with van der Waals surface area (Å²) in [6, 6.07) is 20.1. The van der Waals surface area contributed by atoms with Crippen LogP contribution in [0.3, 0.4) is 0 Å². The van der Waals surface area contributed by atoms with E-state index in [4.69, 9.17) is 28.5 Å². The van der Waals surface area contributed by atoms with Crippen molar-refractivity contribution in [3.05, 3.63) is 92.4 Å². The van der Waals surface area contributed by atoms with Crippen LogP contribution in [-0.4, -0.2) is 17.7 Å². The Bertz CT molecular complexity index is 1080. The highest BCUT2D eigenvalue weighted by molar-refractivity contribution is 9.10. The molecule has 5 nitrogen and oxygen atoms in total. The van der Waals surface area contributed by atoms with E-state index < -0.39 is 12.1 Å². The van der Waals surface area contributed by atoms with Crippen LogP contribution in [0.5, 0.6) is 0 Å². The zero-order valence-electron chi connectivity index (χ0n) is 15.5. The van der Waals surface area contributed by atoms with Crippen molar-refractivity contribution in [2.45, 2.75) is 6.10 Å². The minimum atomic E-state index is -1.06. The van der Waals surface area contributed by atoms with Gasteiger partial charge in [-0.25, -0.2) is 4.79 Å². The number of benzene rings is 3. The molecule has 8 heteroatoms. The van der Waals surface area contributed by atoms with Gasteiger partial charge in [0.15, 0.2) is 0 Å². The molecule has 0 radical (unpaired) electrons. The highest BCUT2D eigenvalue weighted by atomic mass is 79.9. The molecule has 152 valence electrons. The number of rotatable bonds is 5. The molecule has 1 atom stereocenters. The molecule has 0 aliphatic heterocycles. The molecular weight excluding hydrogens is 489 g/mol. The molecule has 0 fully saturated rings. The van der Waals surface area contributed by atoms with E-state index in [-0.39, 0.29) is 6.54 Å². The average Bonchev–Trinajstić information content (AvgIpc) is 2.73. The number of hydrogen-bond donors (Lipinski definition) is 2. The Labute approximate surface area is 192 Å². The van der Waals surface area contributed by atoms with Crippen molar-refractivity contribution in [2.75, 3.05) is 16.8 Å². The van der Waals surface area contributed by atoms with Gasteiger partial charge in [-0.3, -0.25) is 4.90 Å². The number of carbonyl (C=O) groups excluding carboxylic acids is 1. The Morgan fingerprint density at radius 2 is 1.73 bits per heavy atom. The monoisotopic (exact) mass is 503 g/mol. The maximum atomic E-state index is 13.0. The van der Waals surface area contributed by atoms with Crippen LogP contribution in [0.25, 0.3) is 0 Å². The Kier molecular flexibility index (Phi) is 7.35. The maximum absolute atomic E-state index is 13.0. The number of amides is 2. The summed E-state index contributed by atoms with van der Waals surface area (Å²) in [5.41, 5.74) is 1.93. The Morgan fingerprint density at radius 1 is 1.07 bits per heavy atom. The molecule has 0 spiro atoms. The van der Waals surface area contributed by atoms with Gasteiger partial charge < -0.3 is 10.4 Å². The molecule has 1 unspecified atom stereocenters. The topological polar surface area (TPSA) is 76.4 Å². The molecule has 30 heavy (non-hydrogen) atoms. The van der Waals surface area contributed by atoms with Crippen LogP contribution >= 0.6 is 39.1 Å². The van der Waals surface area contributed by atoms with E-state index in [9.17, 15) is 9.90 Å². The summed E-state index contributed by atoms with van der Waals surface area (Å²) in [5, 5.41) is 23.6. The number of nitrogens with one attached hydrogen (secondary N) is 1. The van der Waals surface area contributed by atoms with Crippen LogP contribution in [0.2, 0.25) is 10.0 Å². The largest absolute Gasteiger partial charge is 0.387 e. The molecule has 2 N–H and O–H groups in total. The van der Waals surface area contributed by atoms with Crippen molar-refractivity contribution >= 4 is 56.5 Å². The SMILES string of the molecule is N#Cc1cc(Cl)cc(C(O)CN(C(=O)Nc2ccc(Cl)cc2)c2ccc(Br)cc2)c1. The number of aliphatic hydroxyl groups is 1. The highest BCUT2D eigenvalue weighted by Crippen LogP contribution is 2.26. The second-order valence-electron chi connectivity index (χ2n) is 6.42. The molecule has 0 aliphatic carbocycles. The summed E-state index contributed by atoms with van der Waals surface area (Å²) in [5.74, 6) is 0. The summed E-state index contributed by atoms with van der Waals surface area (Å²) in [7, 11) is 0. The van der Waals surface area contributed by atoms with Crippen LogP contribution in [-0.2, 0) is 0 Å². The van der Waals surface area contributed by atoms with Gasteiger partial charge >= 0.3 is 6.03 Å². The standard InChI is InChI=1S/C22H16BrCl2N3O2/c23-16-1-7-20(8-2-16)28(22(30)27-19-5-3-17(24)4-6-19)13-21(29)15-9-14(12-26)10-18(25)11-15/h1-11,21,29H,13H2,(H,27,30). The van der Waals surface area contributed by atoms with Gasteiger partial charge in [-0.1, -0.05) is 39.1 Å². The van der Waals surface area contributed by atoms with Crippen molar-refractivity contribution in [3.8, 4) is 6.07 Å². The third kappa shape index (κ3) is 5.74. The lowest BCUT2D eigenvalue weighted by Crippen LogP contribution is -2.38. The van der Waals surface area contributed by atoms with E-state index >= 15 is 0 Å². The van der Waals surface area contributed by atoms with Gasteiger partial charge in [0.2, 0.25) is 0 Å². The van der Waals surface area contributed by atoms with Gasteiger partial charge in [0.25, 0.3) is 0 Å². The van der Waals surface area contributed by atoms with Crippen molar-refractivity contribution in [2.24, 2.45) is 0 Å². The van der Waals surface area contributed by atoms with E-state index in [1.54, 1.807) is 60.7 Å². The number of nitrogens with zero attached hydrogens (tertiary/aromatic N) is 2. The van der Waals surface area contributed by atoms with Crippen LogP contribution in [0.15, 0.2) is 71.2 Å². The van der Waals surface area contributed by atoms with Crippen molar-refractivity contribution < 1.29 is 9.90 Å². The quantitative estimate of drug-likeness (QED) is 0.422. The molecule has 3 aromatic carbocycles. The van der Waals surface area contributed by atoms with Crippen LogP contribution in [0.4, 0.5) is 16.2 Å². The lowest BCUT2D eigenvalue weighted by Gasteiger charge is -2.26. The fraction of sp³-hybridized carbons (Fsp3) is 0.0909. The van der Waals surface area contributed by atoms with E-state index in [0.29, 0.717) is 32.5 Å². The molecule has 0 aromatic heterocycles. The van der Waals surface area contributed by atoms with Crippen molar-refractivity contribution in [1.82, 2.24) is 0 Å². The first-order valence-corrected chi connectivity index (χ1v) is 10.4. The van der Waals surface area contributed by atoms with E-state index in [0.717, 1.165) is 4.47 Å². The highest BCUT2D eigenvalue weighted by Gasteiger charge is 2.21. The number of carbonyl (C=O) groups is 1. The summed E-state index contributed by atoms with van der Waals surface area (Å²) in [6.45, 7) is -0.0493. The number of anilines is 2. The Morgan fingerprint density at radius 3 is 2.37 bits per heavy atom. The first-order chi connectivity index (χ1) is 14.4. The molecule has 3 aromatic rings. The number of nitriles is 1. The Hall–Kier alpha value is -2.56. The molecule has 2 amide bonds. The molecular formula is C22H16BrCl2N3O2. The van der Waals surface area contributed by atoms with Gasteiger partial charge in [-0.05, 0) is 72.3 Å². The van der Waals surface area contributed by atoms with E-state index in [2.05, 4.69) is 21.2 Å². The zero-order valence-corrected chi connectivity index (χ0v) is 18.6. The Balaban J connectivity index is 1.88. The predicted molar refractivity (Wildman–Crippen MR) is 123 cm³/mol. The van der Waals surface area contributed by atoms with Gasteiger partial charge in [-0.15, -0.1) is 0 Å². The van der Waals surface area contributed by atoms with Gasteiger partial charge in [0.05, 0.1) is 24.3 Å². The lowest BCUT2D eigenvalue weighted by atomic mass is 10.1. The van der Waals surface area contributed by atoms with Crippen LogP contribution in [0, 0.1) is 11.3 Å². The molecule has 0 saturated carbocycles. The summed E-state index contributed by atoms with van der Waals surface area (Å²) in [4.78, 5) is 14.4. The predicted octanol–water partition coefficient (Wildman–Crippen LogP) is 6.40. The summed E-state index contributed by atoms with van der Waals surface area (Å²) in [6.07, 6.45) is -1.06. The number of urea groups is 1. The molecule has 0 bridgehead atoms. The average molecular weight is 505 g/mol. The third-order valence-corrected chi connectivity index (χ3v) is 5.27. The van der Waals surface area contributed by atoms with E-state index in [1.807, 2.05) is 6.07 Å². The summed E-state index contributed by atoms with van der Waals surface area (Å²) >= 11 is 15.3. The fourth-order valence-electron chi connectivity index (χ4n) is 2.80. The molecule has 0 saturated heterocycles. The first-order valence-electron chi connectivity index (χ1n) is 8.84. The summed E-state index contributed by atoms with van der Waals surface area (Å²) < 4.78 is 0.860.